The van der Waals surface area contributed by atoms with Crippen molar-refractivity contribution in [1.82, 2.24) is 9.80 Å². The van der Waals surface area contributed by atoms with Gasteiger partial charge in [0.25, 0.3) is 17.7 Å². The van der Waals surface area contributed by atoms with E-state index in [1.165, 1.54) is 23.3 Å². The summed E-state index contributed by atoms with van der Waals surface area (Å²) in [5.41, 5.74) is 2.22. The lowest BCUT2D eigenvalue weighted by Gasteiger charge is -2.36. The number of amides is 3. The maximum Gasteiger partial charge on any atom is 0.264 e. The standard InChI is InChI=1S/C27H27N3O5S/c1-17-10-11-22(36-17)26(32)29-14-12-28(13-15-29)20-8-5-7-19-23(20)27(33)30(25(19)31)16-18-6-4-9-21(34-2)24(18)35-3/h4-11H,12-16H2,1-3H3. The van der Waals surface area contributed by atoms with E-state index in [9.17, 15) is 14.4 Å². The Morgan fingerprint density at radius 1 is 0.917 bits per heavy atom. The van der Waals surface area contributed by atoms with Gasteiger partial charge < -0.3 is 19.3 Å². The average molecular weight is 506 g/mol. The Balaban J connectivity index is 1.35. The van der Waals surface area contributed by atoms with E-state index in [1.54, 1.807) is 31.4 Å². The molecule has 1 saturated heterocycles. The summed E-state index contributed by atoms with van der Waals surface area (Å²) in [4.78, 5) is 46.7. The Kier molecular flexibility index (Phi) is 6.40. The van der Waals surface area contributed by atoms with Gasteiger partial charge in [-0.15, -0.1) is 11.3 Å². The molecule has 3 heterocycles. The maximum atomic E-state index is 13.5. The fourth-order valence-electron chi connectivity index (χ4n) is 4.83. The number of methoxy groups -OCH3 is 2. The van der Waals surface area contributed by atoms with Gasteiger partial charge >= 0.3 is 0 Å². The number of fused-ring (bicyclic) bond motifs is 1. The van der Waals surface area contributed by atoms with Crippen LogP contribution in [-0.4, -0.2) is 67.9 Å². The predicted octanol–water partition coefficient (Wildman–Crippen LogP) is 3.83. The van der Waals surface area contributed by atoms with Gasteiger partial charge in [-0.1, -0.05) is 18.2 Å². The third-order valence-corrected chi connectivity index (χ3v) is 7.64. The van der Waals surface area contributed by atoms with Crippen LogP contribution in [0.5, 0.6) is 11.5 Å². The summed E-state index contributed by atoms with van der Waals surface area (Å²) in [5.74, 6) is 0.415. The molecule has 2 aromatic carbocycles. The monoisotopic (exact) mass is 505 g/mol. The molecule has 0 spiro atoms. The third kappa shape index (κ3) is 4.09. The van der Waals surface area contributed by atoms with Gasteiger partial charge in [0.15, 0.2) is 11.5 Å². The van der Waals surface area contributed by atoms with Crippen molar-refractivity contribution in [3.8, 4) is 11.5 Å². The maximum absolute atomic E-state index is 13.5. The topological polar surface area (TPSA) is 79.4 Å². The molecule has 0 atom stereocenters. The number of hydrogen-bond acceptors (Lipinski definition) is 7. The van der Waals surface area contributed by atoms with Crippen LogP contribution in [0, 0.1) is 6.92 Å². The van der Waals surface area contributed by atoms with Gasteiger partial charge in [0.2, 0.25) is 0 Å². The van der Waals surface area contributed by atoms with E-state index in [0.29, 0.717) is 54.4 Å². The zero-order valence-corrected chi connectivity index (χ0v) is 21.3. The number of carbonyl (C=O) groups excluding carboxylic acids is 3. The molecule has 0 saturated carbocycles. The molecule has 9 heteroatoms. The third-order valence-electron chi connectivity index (χ3n) is 6.65. The lowest BCUT2D eigenvalue weighted by molar-refractivity contribution is 0.0639. The smallest absolute Gasteiger partial charge is 0.264 e. The zero-order valence-electron chi connectivity index (χ0n) is 20.4. The number of rotatable bonds is 6. The van der Waals surface area contributed by atoms with Gasteiger partial charge in [-0.3, -0.25) is 19.3 Å². The molecule has 5 rings (SSSR count). The number of aryl methyl sites for hydroxylation is 1. The number of imide groups is 1. The minimum atomic E-state index is -0.331. The normalized spacial score (nSPS) is 15.4. The van der Waals surface area contributed by atoms with Gasteiger partial charge in [-0.05, 0) is 37.3 Å². The first-order chi connectivity index (χ1) is 17.4. The Bertz CT molecular complexity index is 1340. The second kappa shape index (κ2) is 9.66. The van der Waals surface area contributed by atoms with E-state index in [1.807, 2.05) is 36.1 Å². The summed E-state index contributed by atoms with van der Waals surface area (Å²) >= 11 is 1.50. The number of carbonyl (C=O) groups is 3. The van der Waals surface area contributed by atoms with Gasteiger partial charge in [-0.2, -0.15) is 0 Å². The van der Waals surface area contributed by atoms with Crippen molar-refractivity contribution in [2.75, 3.05) is 45.3 Å². The molecular weight excluding hydrogens is 478 g/mol. The van der Waals surface area contributed by atoms with Crippen molar-refractivity contribution < 1.29 is 23.9 Å². The summed E-state index contributed by atoms with van der Waals surface area (Å²) < 4.78 is 10.9. The van der Waals surface area contributed by atoms with Crippen LogP contribution in [0.1, 0.15) is 40.8 Å². The molecule has 2 aliphatic rings. The van der Waals surface area contributed by atoms with Crippen LogP contribution in [0.25, 0.3) is 0 Å². The Hall–Kier alpha value is -3.85. The molecule has 0 aliphatic carbocycles. The second-order valence-corrected chi connectivity index (χ2v) is 10.0. The minimum absolute atomic E-state index is 0.0377. The first-order valence-electron chi connectivity index (χ1n) is 11.7. The number of thiophene rings is 1. The molecule has 1 fully saturated rings. The molecule has 186 valence electrons. The van der Waals surface area contributed by atoms with Gasteiger partial charge in [-0.25, -0.2) is 0 Å². The molecule has 36 heavy (non-hydrogen) atoms. The van der Waals surface area contributed by atoms with Crippen molar-refractivity contribution in [3.63, 3.8) is 0 Å². The molecule has 2 aliphatic heterocycles. The number of hydrogen-bond donors (Lipinski definition) is 0. The lowest BCUT2D eigenvalue weighted by atomic mass is 10.1. The molecular formula is C27H27N3O5S. The molecule has 0 unspecified atom stereocenters. The van der Waals surface area contributed by atoms with Crippen LogP contribution in [0.15, 0.2) is 48.5 Å². The first-order valence-corrected chi connectivity index (χ1v) is 12.5. The summed E-state index contributed by atoms with van der Waals surface area (Å²) in [6.07, 6.45) is 0. The van der Waals surface area contributed by atoms with E-state index >= 15 is 0 Å². The minimum Gasteiger partial charge on any atom is -0.493 e. The Morgan fingerprint density at radius 3 is 2.33 bits per heavy atom. The molecule has 3 amide bonds. The fourth-order valence-corrected chi connectivity index (χ4v) is 5.66. The van der Waals surface area contributed by atoms with Gasteiger partial charge in [0, 0.05) is 36.6 Å². The van der Waals surface area contributed by atoms with Crippen molar-refractivity contribution in [1.29, 1.82) is 0 Å². The van der Waals surface area contributed by atoms with Crippen LogP contribution >= 0.6 is 11.3 Å². The van der Waals surface area contributed by atoms with Crippen molar-refractivity contribution in [3.05, 3.63) is 75.0 Å². The molecule has 0 N–H and O–H groups in total. The highest BCUT2D eigenvalue weighted by Gasteiger charge is 2.39. The largest absolute Gasteiger partial charge is 0.493 e. The van der Waals surface area contributed by atoms with E-state index in [4.69, 9.17) is 9.47 Å². The van der Waals surface area contributed by atoms with E-state index in [0.717, 1.165) is 15.4 Å². The highest BCUT2D eigenvalue weighted by atomic mass is 32.1. The SMILES string of the molecule is COc1cccc(CN2C(=O)c3cccc(N4CCN(C(=O)c5ccc(C)s5)CC4)c3C2=O)c1OC. The quantitative estimate of drug-likeness (QED) is 0.474. The average Bonchev–Trinajstić information content (AvgIpc) is 3.45. The molecule has 0 radical (unpaired) electrons. The number of ether oxygens (including phenoxy) is 2. The number of benzene rings is 2. The van der Waals surface area contributed by atoms with Crippen LogP contribution in [0.2, 0.25) is 0 Å². The number of anilines is 1. The van der Waals surface area contributed by atoms with Crippen molar-refractivity contribution in [2.45, 2.75) is 13.5 Å². The molecule has 8 nitrogen and oxygen atoms in total. The van der Waals surface area contributed by atoms with Crippen LogP contribution < -0.4 is 14.4 Å². The van der Waals surface area contributed by atoms with E-state index in [2.05, 4.69) is 4.90 Å². The summed E-state index contributed by atoms with van der Waals surface area (Å²) in [6.45, 7) is 4.32. The summed E-state index contributed by atoms with van der Waals surface area (Å²) in [6, 6.07) is 14.6. The van der Waals surface area contributed by atoms with Crippen LogP contribution in [0.3, 0.4) is 0 Å². The molecule has 0 bridgehead atoms. The Labute approximate surface area is 213 Å². The Morgan fingerprint density at radius 2 is 1.67 bits per heavy atom. The summed E-state index contributed by atoms with van der Waals surface area (Å²) in [5, 5.41) is 0. The number of piperazine rings is 1. The summed E-state index contributed by atoms with van der Waals surface area (Å²) in [7, 11) is 3.08. The molecule has 3 aromatic rings. The van der Waals surface area contributed by atoms with E-state index in [-0.39, 0.29) is 24.3 Å². The van der Waals surface area contributed by atoms with Crippen LogP contribution in [0.4, 0.5) is 5.69 Å². The highest BCUT2D eigenvalue weighted by Crippen LogP contribution is 2.36. The zero-order chi connectivity index (χ0) is 25.4. The predicted molar refractivity (Wildman–Crippen MR) is 137 cm³/mol. The number of nitrogens with zero attached hydrogens (tertiary/aromatic N) is 3. The van der Waals surface area contributed by atoms with Crippen LogP contribution in [-0.2, 0) is 6.54 Å². The first kappa shape index (κ1) is 23.9. The fraction of sp³-hybridized carbons (Fsp3) is 0.296. The second-order valence-electron chi connectivity index (χ2n) is 8.74. The number of para-hydroxylation sites is 1. The lowest BCUT2D eigenvalue weighted by Crippen LogP contribution is -2.49. The highest BCUT2D eigenvalue weighted by molar-refractivity contribution is 7.13. The van der Waals surface area contributed by atoms with Gasteiger partial charge in [0.1, 0.15) is 0 Å². The van der Waals surface area contributed by atoms with Gasteiger partial charge in [0.05, 0.1) is 42.5 Å². The van der Waals surface area contributed by atoms with Crippen molar-refractivity contribution >= 4 is 34.7 Å². The molecule has 1 aromatic heterocycles. The van der Waals surface area contributed by atoms with Crippen molar-refractivity contribution in [2.24, 2.45) is 0 Å². The van der Waals surface area contributed by atoms with E-state index < -0.39 is 0 Å².